The molecule has 2 saturated heterocycles. The van der Waals surface area contributed by atoms with Gasteiger partial charge in [0.2, 0.25) is 16.0 Å². The number of nitrogens with one attached hydrogen (secondary N) is 1. The maximum atomic E-state index is 12.3. The molecule has 0 radical (unpaired) electrons. The van der Waals surface area contributed by atoms with E-state index >= 15 is 0 Å². The van der Waals surface area contributed by atoms with Crippen molar-refractivity contribution in [2.75, 3.05) is 57.0 Å². The van der Waals surface area contributed by atoms with Crippen LogP contribution in [0.25, 0.3) is 21.5 Å². The fraction of sp³-hybridized carbons (Fsp3) is 0.500. The topological polar surface area (TPSA) is 147 Å². The number of thiophene rings is 1. The molecule has 6 heterocycles. The van der Waals surface area contributed by atoms with E-state index in [1.165, 1.54) is 4.31 Å². The van der Waals surface area contributed by atoms with Gasteiger partial charge in [-0.1, -0.05) is 0 Å². The van der Waals surface area contributed by atoms with Crippen molar-refractivity contribution >= 4 is 43.2 Å². The van der Waals surface area contributed by atoms with Crippen molar-refractivity contribution < 1.29 is 13.2 Å². The van der Waals surface area contributed by atoms with Crippen LogP contribution in [-0.4, -0.2) is 98.8 Å². The third kappa shape index (κ3) is 5.70. The fourth-order valence-corrected chi connectivity index (χ4v) is 7.34. The second-order valence-electron chi connectivity index (χ2n) is 10.4. The summed E-state index contributed by atoms with van der Waals surface area (Å²) >= 11 is 1.54. The SMILES string of the molecule is CCS(=O)(=O)N1CC(CC#N)(n2cc(-c3nc(Nc4cnn(CCCN5CCOCC5)c4)nc4ccsc34)cn2)C1. The lowest BCUT2D eigenvalue weighted by Gasteiger charge is -2.47. The highest BCUT2D eigenvalue weighted by molar-refractivity contribution is 7.89. The molecule has 0 atom stereocenters. The van der Waals surface area contributed by atoms with Crippen LogP contribution in [0.4, 0.5) is 11.6 Å². The van der Waals surface area contributed by atoms with Crippen LogP contribution in [0.15, 0.2) is 36.2 Å². The van der Waals surface area contributed by atoms with Gasteiger partial charge in [0.05, 0.1) is 65.4 Å². The summed E-state index contributed by atoms with van der Waals surface area (Å²) in [4.78, 5) is 11.9. The fourth-order valence-electron chi connectivity index (χ4n) is 5.25. The Hall–Kier alpha value is -3.42. The molecule has 0 aliphatic carbocycles. The highest BCUT2D eigenvalue weighted by Gasteiger charge is 2.49. The van der Waals surface area contributed by atoms with Gasteiger partial charge in [0, 0.05) is 57.2 Å². The normalized spacial score (nSPS) is 17.9. The Kier molecular flexibility index (Phi) is 7.75. The van der Waals surface area contributed by atoms with E-state index in [0.717, 1.165) is 73.0 Å². The van der Waals surface area contributed by atoms with E-state index in [4.69, 9.17) is 14.7 Å². The molecule has 0 unspecified atom stereocenters. The van der Waals surface area contributed by atoms with Crippen LogP contribution in [0.2, 0.25) is 0 Å². The van der Waals surface area contributed by atoms with Crippen LogP contribution in [0.5, 0.6) is 0 Å². The average Bonchev–Trinajstić information content (AvgIpc) is 3.72. The molecule has 0 amide bonds. The Labute approximate surface area is 242 Å². The number of ether oxygens (including phenoxy) is 1. The predicted molar refractivity (Wildman–Crippen MR) is 155 cm³/mol. The van der Waals surface area contributed by atoms with Gasteiger partial charge in [-0.2, -0.15) is 19.8 Å². The molecule has 15 heteroatoms. The van der Waals surface area contributed by atoms with Gasteiger partial charge < -0.3 is 10.1 Å². The molecular weight excluding hydrogens is 564 g/mol. The van der Waals surface area contributed by atoms with Crippen LogP contribution in [0.1, 0.15) is 19.8 Å². The zero-order valence-corrected chi connectivity index (χ0v) is 24.4. The second-order valence-corrected chi connectivity index (χ2v) is 13.5. The quantitative estimate of drug-likeness (QED) is 0.274. The van der Waals surface area contributed by atoms with E-state index in [0.29, 0.717) is 5.95 Å². The monoisotopic (exact) mass is 596 g/mol. The average molecular weight is 597 g/mol. The lowest BCUT2D eigenvalue weighted by atomic mass is 9.89. The molecular formula is C26H32N10O3S2. The van der Waals surface area contributed by atoms with Crippen molar-refractivity contribution in [3.05, 3.63) is 36.2 Å². The number of aryl methyl sites for hydroxylation is 1. The van der Waals surface area contributed by atoms with Gasteiger partial charge in [-0.15, -0.1) is 11.3 Å². The number of aromatic nitrogens is 6. The smallest absolute Gasteiger partial charge is 0.228 e. The number of hydrogen-bond donors (Lipinski definition) is 1. The van der Waals surface area contributed by atoms with Crippen LogP contribution in [-0.2, 0) is 26.8 Å². The Balaban J connectivity index is 1.18. The van der Waals surface area contributed by atoms with Crippen molar-refractivity contribution in [1.82, 2.24) is 38.7 Å². The number of nitrogens with zero attached hydrogens (tertiary/aromatic N) is 9. The van der Waals surface area contributed by atoms with Gasteiger partial charge in [0.25, 0.3) is 0 Å². The standard InChI is InChI=1S/C26H32N10O3S2/c1-2-41(37,38)35-18-26(19-35,5-6-27)36-16-20(14-29-36)23-24-22(4-13-40-24)31-25(32-23)30-21-15-28-34(17-21)8-3-7-33-9-11-39-12-10-33/h4,13-17H,2-3,5,7-12,18-19H2,1H3,(H,30,31,32). The first kappa shape index (κ1) is 27.7. The molecule has 4 aromatic rings. The first-order valence-corrected chi connectivity index (χ1v) is 16.1. The van der Waals surface area contributed by atoms with Crippen LogP contribution in [0.3, 0.4) is 0 Å². The lowest BCUT2D eigenvalue weighted by Crippen LogP contribution is -2.64. The lowest BCUT2D eigenvalue weighted by molar-refractivity contribution is 0.0368. The molecule has 2 aliphatic rings. The van der Waals surface area contributed by atoms with Gasteiger partial charge in [0.15, 0.2) is 0 Å². The molecule has 4 aromatic heterocycles. The van der Waals surface area contributed by atoms with E-state index < -0.39 is 15.6 Å². The number of anilines is 2. The number of fused-ring (bicyclic) bond motifs is 1. The molecule has 6 rings (SSSR count). The largest absolute Gasteiger partial charge is 0.379 e. The Morgan fingerprint density at radius 3 is 2.76 bits per heavy atom. The van der Waals surface area contributed by atoms with Crippen molar-refractivity contribution in [2.24, 2.45) is 0 Å². The molecule has 13 nitrogen and oxygen atoms in total. The van der Waals surface area contributed by atoms with Crippen LogP contribution in [0, 0.1) is 11.3 Å². The number of hydrogen-bond acceptors (Lipinski definition) is 11. The van der Waals surface area contributed by atoms with Crippen molar-refractivity contribution in [1.29, 1.82) is 5.26 Å². The molecule has 2 aliphatic heterocycles. The highest BCUT2D eigenvalue weighted by atomic mass is 32.2. The maximum absolute atomic E-state index is 12.3. The van der Waals surface area contributed by atoms with Crippen molar-refractivity contribution in [3.63, 3.8) is 0 Å². The maximum Gasteiger partial charge on any atom is 0.228 e. The molecule has 1 N–H and O–H groups in total. The summed E-state index contributed by atoms with van der Waals surface area (Å²) in [6, 6.07) is 4.16. The number of sulfonamides is 1. The molecule has 216 valence electrons. The molecule has 41 heavy (non-hydrogen) atoms. The van der Waals surface area contributed by atoms with Gasteiger partial charge in [0.1, 0.15) is 5.54 Å². The first-order chi connectivity index (χ1) is 19.9. The molecule has 2 fully saturated rings. The number of nitriles is 1. The molecule has 0 saturated carbocycles. The first-order valence-electron chi connectivity index (χ1n) is 13.6. The van der Waals surface area contributed by atoms with E-state index in [2.05, 4.69) is 26.5 Å². The second kappa shape index (κ2) is 11.5. The predicted octanol–water partition coefficient (Wildman–Crippen LogP) is 2.49. The number of rotatable bonds is 11. The Morgan fingerprint density at radius 1 is 1.15 bits per heavy atom. The summed E-state index contributed by atoms with van der Waals surface area (Å²) in [5.41, 5.74) is 2.40. The summed E-state index contributed by atoms with van der Waals surface area (Å²) in [5, 5.41) is 23.8. The van der Waals surface area contributed by atoms with Crippen molar-refractivity contribution in [2.45, 2.75) is 31.8 Å². The third-order valence-corrected chi connectivity index (χ3v) is 10.3. The Morgan fingerprint density at radius 2 is 1.98 bits per heavy atom. The van der Waals surface area contributed by atoms with Crippen molar-refractivity contribution in [3.8, 4) is 17.3 Å². The van der Waals surface area contributed by atoms with Crippen LogP contribution < -0.4 is 5.32 Å². The van der Waals surface area contributed by atoms with E-state index in [-0.39, 0.29) is 25.3 Å². The van der Waals surface area contributed by atoms with Gasteiger partial charge in [-0.05, 0) is 24.8 Å². The zero-order chi connectivity index (χ0) is 28.5. The molecule has 0 spiro atoms. The Bertz CT molecular complexity index is 1660. The van der Waals surface area contributed by atoms with Gasteiger partial charge in [-0.3, -0.25) is 14.3 Å². The summed E-state index contributed by atoms with van der Waals surface area (Å²) in [7, 11) is -3.33. The third-order valence-electron chi connectivity index (χ3n) is 7.61. The summed E-state index contributed by atoms with van der Waals surface area (Å²) in [6.07, 6.45) is 8.45. The summed E-state index contributed by atoms with van der Waals surface area (Å²) in [5.74, 6) is 0.475. The minimum Gasteiger partial charge on any atom is -0.379 e. The molecule has 0 bridgehead atoms. The summed E-state index contributed by atoms with van der Waals surface area (Å²) in [6.45, 7) is 7.46. The van der Waals surface area contributed by atoms with E-state index in [9.17, 15) is 13.7 Å². The van der Waals surface area contributed by atoms with Crippen LogP contribution >= 0.6 is 11.3 Å². The summed E-state index contributed by atoms with van der Waals surface area (Å²) < 4.78 is 36.1. The zero-order valence-electron chi connectivity index (χ0n) is 22.8. The minimum atomic E-state index is -3.33. The van der Waals surface area contributed by atoms with Gasteiger partial charge in [-0.25, -0.2) is 18.4 Å². The van der Waals surface area contributed by atoms with E-state index in [1.54, 1.807) is 35.3 Å². The minimum absolute atomic E-state index is 0.0282. The van der Waals surface area contributed by atoms with E-state index in [1.807, 2.05) is 28.5 Å². The van der Waals surface area contributed by atoms with Gasteiger partial charge >= 0.3 is 0 Å². The number of morpholine rings is 1. The highest BCUT2D eigenvalue weighted by Crippen LogP contribution is 2.37. The molecule has 0 aromatic carbocycles.